The molecule has 0 fully saturated rings. The molecule has 138 valence electrons. The van der Waals surface area contributed by atoms with Crippen LogP contribution in [0, 0.1) is 10.1 Å². The fraction of sp³-hybridized carbons (Fsp3) is 0.188. The number of methoxy groups -OCH3 is 1. The maximum Gasteiger partial charge on any atom is 0.269 e. The molecule has 0 aliphatic carbocycles. The number of likely N-dealkylation sites (N-methyl/N-ethyl adjacent to an activating group) is 1. The SMILES string of the molecule is COc1cccc(NC(=O)CN(C)S(=O)(=O)c2ccc([N+](=O)[O-])cc2)c1. The Kier molecular flexibility index (Phi) is 5.90. The number of rotatable bonds is 7. The van der Waals surface area contributed by atoms with Crippen molar-refractivity contribution >= 4 is 27.3 Å². The third kappa shape index (κ3) is 4.55. The molecule has 0 aliphatic heterocycles. The van der Waals surface area contributed by atoms with E-state index in [9.17, 15) is 23.3 Å². The van der Waals surface area contributed by atoms with E-state index in [1.54, 1.807) is 24.3 Å². The van der Waals surface area contributed by atoms with E-state index < -0.39 is 27.4 Å². The molecule has 0 unspecified atom stereocenters. The van der Waals surface area contributed by atoms with Crippen LogP contribution in [0.15, 0.2) is 53.4 Å². The lowest BCUT2D eigenvalue weighted by Crippen LogP contribution is -2.34. The van der Waals surface area contributed by atoms with E-state index in [1.165, 1.54) is 14.2 Å². The first-order chi connectivity index (χ1) is 12.2. The lowest BCUT2D eigenvalue weighted by Gasteiger charge is -2.17. The van der Waals surface area contributed by atoms with Crippen LogP contribution in [0.4, 0.5) is 11.4 Å². The molecule has 0 atom stereocenters. The Balaban J connectivity index is 2.08. The standard InChI is InChI=1S/C16H17N3O6S/c1-18(11-16(20)17-12-4-3-5-14(10-12)25-2)26(23,24)15-8-6-13(7-9-15)19(21)22/h3-10H,11H2,1-2H3,(H,17,20). The molecule has 0 heterocycles. The summed E-state index contributed by atoms with van der Waals surface area (Å²) in [6.07, 6.45) is 0. The minimum absolute atomic E-state index is 0.139. The summed E-state index contributed by atoms with van der Waals surface area (Å²) in [7, 11) is -1.21. The van der Waals surface area contributed by atoms with Gasteiger partial charge < -0.3 is 10.1 Å². The van der Waals surface area contributed by atoms with Gasteiger partial charge in [-0.3, -0.25) is 14.9 Å². The molecule has 0 spiro atoms. The number of nitrogens with one attached hydrogen (secondary N) is 1. The van der Waals surface area contributed by atoms with E-state index in [-0.39, 0.29) is 10.6 Å². The topological polar surface area (TPSA) is 119 Å². The summed E-state index contributed by atoms with van der Waals surface area (Å²) in [6.45, 7) is -0.420. The highest BCUT2D eigenvalue weighted by Crippen LogP contribution is 2.19. The minimum Gasteiger partial charge on any atom is -0.497 e. The highest BCUT2D eigenvalue weighted by atomic mass is 32.2. The van der Waals surface area contributed by atoms with Gasteiger partial charge in [0.2, 0.25) is 15.9 Å². The molecule has 0 aromatic heterocycles. The molecule has 9 nitrogen and oxygen atoms in total. The predicted octanol–water partition coefficient (Wildman–Crippen LogP) is 1.86. The van der Waals surface area contributed by atoms with E-state index in [0.717, 1.165) is 28.6 Å². The van der Waals surface area contributed by atoms with Crippen LogP contribution in [0.25, 0.3) is 0 Å². The molecule has 2 aromatic carbocycles. The van der Waals surface area contributed by atoms with Gasteiger partial charge in [-0.25, -0.2) is 8.42 Å². The molecular weight excluding hydrogens is 362 g/mol. The maximum absolute atomic E-state index is 12.5. The Labute approximate surface area is 150 Å². The first-order valence-corrected chi connectivity index (χ1v) is 8.83. The van der Waals surface area contributed by atoms with Crippen LogP contribution in [-0.4, -0.2) is 44.3 Å². The highest BCUT2D eigenvalue weighted by Gasteiger charge is 2.23. The van der Waals surface area contributed by atoms with Crippen molar-refractivity contribution in [2.75, 3.05) is 26.0 Å². The Morgan fingerprint density at radius 3 is 2.46 bits per heavy atom. The zero-order valence-electron chi connectivity index (χ0n) is 14.1. The van der Waals surface area contributed by atoms with Gasteiger partial charge in [0.15, 0.2) is 0 Å². The van der Waals surface area contributed by atoms with Crippen molar-refractivity contribution in [1.29, 1.82) is 0 Å². The molecule has 1 amide bonds. The number of carbonyl (C=O) groups excluding carboxylic acids is 1. The third-order valence-electron chi connectivity index (χ3n) is 3.48. The minimum atomic E-state index is -3.96. The van der Waals surface area contributed by atoms with Crippen molar-refractivity contribution in [2.24, 2.45) is 0 Å². The number of hydrogen-bond acceptors (Lipinski definition) is 6. The molecular formula is C16H17N3O6S. The molecule has 1 N–H and O–H groups in total. The van der Waals surface area contributed by atoms with E-state index in [4.69, 9.17) is 4.74 Å². The second-order valence-electron chi connectivity index (χ2n) is 5.29. The summed E-state index contributed by atoms with van der Waals surface area (Å²) >= 11 is 0. The van der Waals surface area contributed by atoms with Gasteiger partial charge in [-0.2, -0.15) is 4.31 Å². The number of anilines is 1. The van der Waals surface area contributed by atoms with Crippen LogP contribution in [0.5, 0.6) is 5.75 Å². The van der Waals surface area contributed by atoms with Crippen molar-refractivity contribution in [2.45, 2.75) is 4.90 Å². The van der Waals surface area contributed by atoms with E-state index in [2.05, 4.69) is 5.32 Å². The van der Waals surface area contributed by atoms with Gasteiger partial charge in [-0.15, -0.1) is 0 Å². The number of nitro benzene ring substituents is 1. The molecule has 0 bridgehead atoms. The number of benzene rings is 2. The first-order valence-electron chi connectivity index (χ1n) is 7.39. The summed E-state index contributed by atoms with van der Waals surface area (Å²) in [5.74, 6) is 0.0147. The zero-order valence-corrected chi connectivity index (χ0v) is 14.9. The maximum atomic E-state index is 12.5. The largest absolute Gasteiger partial charge is 0.497 e. The number of amides is 1. The van der Waals surface area contributed by atoms with Gasteiger partial charge in [-0.1, -0.05) is 6.07 Å². The molecule has 0 aliphatic rings. The van der Waals surface area contributed by atoms with Gasteiger partial charge in [0.25, 0.3) is 5.69 Å². The molecule has 10 heteroatoms. The van der Waals surface area contributed by atoms with Crippen molar-refractivity contribution in [3.05, 3.63) is 58.6 Å². The number of hydrogen-bond donors (Lipinski definition) is 1. The quantitative estimate of drug-likeness (QED) is 0.579. The fourth-order valence-corrected chi connectivity index (χ4v) is 3.24. The Hall–Kier alpha value is -2.98. The number of nitro groups is 1. The highest BCUT2D eigenvalue weighted by molar-refractivity contribution is 7.89. The Bertz CT molecular complexity index is 912. The van der Waals surface area contributed by atoms with E-state index in [1.807, 2.05) is 0 Å². The van der Waals surface area contributed by atoms with Crippen molar-refractivity contribution < 1.29 is 22.9 Å². The second-order valence-corrected chi connectivity index (χ2v) is 7.34. The van der Waals surface area contributed by atoms with Gasteiger partial charge in [0.1, 0.15) is 5.75 Å². The van der Waals surface area contributed by atoms with Crippen molar-refractivity contribution in [3.63, 3.8) is 0 Å². The summed E-state index contributed by atoms with van der Waals surface area (Å²) < 4.78 is 30.8. The number of non-ortho nitro benzene ring substituents is 1. The predicted molar refractivity (Wildman–Crippen MR) is 94.5 cm³/mol. The lowest BCUT2D eigenvalue weighted by atomic mass is 10.3. The van der Waals surface area contributed by atoms with Crippen molar-refractivity contribution in [1.82, 2.24) is 4.31 Å². The van der Waals surface area contributed by atoms with Crippen molar-refractivity contribution in [3.8, 4) is 5.75 Å². The van der Waals surface area contributed by atoms with E-state index >= 15 is 0 Å². The van der Waals surface area contributed by atoms with Crippen LogP contribution in [-0.2, 0) is 14.8 Å². The fourth-order valence-electron chi connectivity index (χ4n) is 2.11. The summed E-state index contributed by atoms with van der Waals surface area (Å²) in [5, 5.41) is 13.2. The zero-order chi connectivity index (χ0) is 19.3. The van der Waals surface area contributed by atoms with Crippen LogP contribution < -0.4 is 10.1 Å². The smallest absolute Gasteiger partial charge is 0.269 e. The van der Waals surface area contributed by atoms with Crippen LogP contribution in [0.2, 0.25) is 0 Å². The summed E-state index contributed by atoms with van der Waals surface area (Å²) in [6, 6.07) is 11.1. The van der Waals surface area contributed by atoms with Gasteiger partial charge in [0.05, 0.1) is 23.5 Å². The van der Waals surface area contributed by atoms with Crippen LogP contribution in [0.3, 0.4) is 0 Å². The van der Waals surface area contributed by atoms with Gasteiger partial charge in [0, 0.05) is 30.9 Å². The second kappa shape index (κ2) is 7.93. The number of ether oxygens (including phenoxy) is 1. The number of carbonyl (C=O) groups is 1. The van der Waals surface area contributed by atoms with Gasteiger partial charge in [-0.05, 0) is 24.3 Å². The van der Waals surface area contributed by atoms with Crippen LogP contribution >= 0.6 is 0 Å². The van der Waals surface area contributed by atoms with Crippen LogP contribution in [0.1, 0.15) is 0 Å². The molecule has 0 saturated heterocycles. The number of nitrogens with zero attached hydrogens (tertiary/aromatic N) is 2. The molecule has 26 heavy (non-hydrogen) atoms. The van der Waals surface area contributed by atoms with E-state index in [0.29, 0.717) is 11.4 Å². The number of sulfonamides is 1. The Morgan fingerprint density at radius 2 is 1.88 bits per heavy atom. The molecule has 0 saturated carbocycles. The third-order valence-corrected chi connectivity index (χ3v) is 5.29. The molecule has 2 aromatic rings. The average Bonchev–Trinajstić information content (AvgIpc) is 2.61. The normalized spacial score (nSPS) is 11.2. The summed E-state index contributed by atoms with van der Waals surface area (Å²) in [5.41, 5.74) is 0.248. The first kappa shape index (κ1) is 19.3. The average molecular weight is 379 g/mol. The lowest BCUT2D eigenvalue weighted by molar-refractivity contribution is -0.384. The summed E-state index contributed by atoms with van der Waals surface area (Å²) in [4.78, 5) is 22.0. The Morgan fingerprint density at radius 1 is 1.23 bits per heavy atom. The molecule has 0 radical (unpaired) electrons. The van der Waals surface area contributed by atoms with Gasteiger partial charge >= 0.3 is 0 Å². The molecule has 2 rings (SSSR count). The monoisotopic (exact) mass is 379 g/mol.